The molecule has 24 heavy (non-hydrogen) atoms. The van der Waals surface area contributed by atoms with Gasteiger partial charge in [0.15, 0.2) is 11.5 Å². The van der Waals surface area contributed by atoms with Gasteiger partial charge in [0.1, 0.15) is 0 Å². The van der Waals surface area contributed by atoms with Crippen LogP contribution in [0, 0.1) is 0 Å². The van der Waals surface area contributed by atoms with E-state index < -0.39 is 5.63 Å². The maximum Gasteiger partial charge on any atom is 0.344 e. The molecule has 0 saturated heterocycles. The van der Waals surface area contributed by atoms with E-state index in [2.05, 4.69) is 6.58 Å². The van der Waals surface area contributed by atoms with Gasteiger partial charge in [0.25, 0.3) is 0 Å². The first-order valence-corrected chi connectivity index (χ1v) is 8.29. The fourth-order valence-corrected chi connectivity index (χ4v) is 2.57. The third kappa shape index (κ3) is 3.16. The molecule has 0 aliphatic heterocycles. The first-order valence-electron chi connectivity index (χ1n) is 8.29. The summed E-state index contributed by atoms with van der Waals surface area (Å²) in [5, 5.41) is 0.972. The Morgan fingerprint density at radius 2 is 1.54 bits per heavy atom. The molecular formula is C21H24O3. The van der Waals surface area contributed by atoms with Gasteiger partial charge in [-0.15, -0.1) is 0 Å². The molecule has 2 aromatic rings. The van der Waals surface area contributed by atoms with Gasteiger partial charge >= 0.3 is 5.63 Å². The zero-order valence-corrected chi connectivity index (χ0v) is 15.0. The lowest BCUT2D eigenvalue weighted by molar-refractivity contribution is 0.104. The van der Waals surface area contributed by atoms with E-state index in [9.17, 15) is 9.59 Å². The van der Waals surface area contributed by atoms with Crippen LogP contribution in [-0.4, -0.2) is 5.78 Å². The molecule has 3 nitrogen and oxygen atoms in total. The quantitative estimate of drug-likeness (QED) is 0.686. The van der Waals surface area contributed by atoms with Crippen LogP contribution < -0.4 is 16.1 Å². The van der Waals surface area contributed by atoms with Gasteiger partial charge in [-0.25, -0.2) is 4.79 Å². The summed E-state index contributed by atoms with van der Waals surface area (Å²) >= 11 is 0. The fraction of sp³-hybridized carbons (Fsp3) is 0.238. The van der Waals surface area contributed by atoms with Crippen LogP contribution in [0.15, 0.2) is 46.1 Å². The van der Waals surface area contributed by atoms with E-state index >= 15 is 0 Å². The third-order valence-corrected chi connectivity index (χ3v) is 3.42. The molecule has 0 atom stereocenters. The van der Waals surface area contributed by atoms with Gasteiger partial charge in [0, 0.05) is 11.1 Å². The van der Waals surface area contributed by atoms with E-state index in [1.165, 1.54) is 6.08 Å². The molecule has 1 aromatic heterocycles. The number of benzene rings is 1. The zero-order chi connectivity index (χ0) is 18.3. The Morgan fingerprint density at radius 3 is 2.08 bits per heavy atom. The minimum absolute atomic E-state index is 0.105. The van der Waals surface area contributed by atoms with Crippen LogP contribution in [-0.2, 0) is 0 Å². The zero-order valence-electron chi connectivity index (χ0n) is 15.0. The largest absolute Gasteiger partial charge is 0.421 e. The molecule has 0 fully saturated rings. The topological polar surface area (TPSA) is 47.3 Å². The molecule has 0 N–H and O–H groups in total. The molecule has 1 aliphatic carbocycles. The van der Waals surface area contributed by atoms with Crippen molar-refractivity contribution in [2.45, 2.75) is 34.6 Å². The van der Waals surface area contributed by atoms with Crippen LogP contribution >= 0.6 is 0 Å². The number of hydrogen-bond acceptors (Lipinski definition) is 3. The molecule has 1 aliphatic rings. The van der Waals surface area contributed by atoms with Crippen molar-refractivity contribution in [1.29, 1.82) is 0 Å². The summed E-state index contributed by atoms with van der Waals surface area (Å²) in [6.45, 7) is 13.4. The molecule has 0 amide bonds. The molecule has 0 bridgehead atoms. The number of carbonyl (C=O) groups is 1. The van der Waals surface area contributed by atoms with Crippen LogP contribution in [0.3, 0.4) is 0 Å². The molecule has 0 spiro atoms. The predicted octanol–water partition coefficient (Wildman–Crippen LogP) is 3.67. The molecule has 1 heterocycles. The van der Waals surface area contributed by atoms with Crippen molar-refractivity contribution < 1.29 is 9.21 Å². The second-order valence-electron chi connectivity index (χ2n) is 4.49. The first kappa shape index (κ1) is 19.4. The van der Waals surface area contributed by atoms with Gasteiger partial charge in [-0.3, -0.25) is 4.79 Å². The van der Waals surface area contributed by atoms with E-state index in [4.69, 9.17) is 4.42 Å². The Bertz CT molecular complexity index is 915. The minimum atomic E-state index is -0.457. The van der Waals surface area contributed by atoms with Gasteiger partial charge in [0.2, 0.25) is 0 Å². The lowest BCUT2D eigenvalue weighted by Crippen LogP contribution is -2.41. The van der Waals surface area contributed by atoms with E-state index in [1.54, 1.807) is 37.3 Å². The van der Waals surface area contributed by atoms with Gasteiger partial charge in [0.05, 0.1) is 10.8 Å². The van der Waals surface area contributed by atoms with Crippen LogP contribution in [0.25, 0.3) is 23.5 Å². The fourth-order valence-electron chi connectivity index (χ4n) is 2.57. The molecule has 0 unspecified atom stereocenters. The number of ketones is 1. The van der Waals surface area contributed by atoms with Crippen molar-refractivity contribution in [3.63, 3.8) is 0 Å². The maximum absolute atomic E-state index is 12.5. The summed E-state index contributed by atoms with van der Waals surface area (Å²) in [6, 6.07) is 7.15. The van der Waals surface area contributed by atoms with Gasteiger partial charge < -0.3 is 4.42 Å². The van der Waals surface area contributed by atoms with E-state index in [-0.39, 0.29) is 5.78 Å². The molecule has 3 rings (SSSR count). The van der Waals surface area contributed by atoms with Crippen LogP contribution in [0.5, 0.6) is 0 Å². The van der Waals surface area contributed by atoms with Crippen molar-refractivity contribution in [3.8, 4) is 11.3 Å². The maximum atomic E-state index is 12.5. The van der Waals surface area contributed by atoms with Gasteiger partial charge in [-0.1, -0.05) is 70.7 Å². The molecule has 3 heteroatoms. The van der Waals surface area contributed by atoms with Crippen molar-refractivity contribution in [3.05, 3.63) is 68.9 Å². The number of carbonyl (C=O) groups excluding carboxylic acids is 1. The van der Waals surface area contributed by atoms with Crippen LogP contribution in [0.4, 0.5) is 0 Å². The Labute approximate surface area is 142 Å². The SMILES string of the molecule is C=C/C=c1/c(=O)oc2c(/c1=C/C)C(=O)c1ccccc1-2.CC.CC. The molecular weight excluding hydrogens is 300 g/mol. The third-order valence-electron chi connectivity index (χ3n) is 3.42. The van der Waals surface area contributed by atoms with Gasteiger partial charge in [-0.2, -0.15) is 0 Å². The lowest BCUT2D eigenvalue weighted by Gasteiger charge is -1.99. The lowest BCUT2D eigenvalue weighted by atomic mass is 10.1. The van der Waals surface area contributed by atoms with Crippen LogP contribution in [0.1, 0.15) is 50.5 Å². The van der Waals surface area contributed by atoms with E-state index in [0.29, 0.717) is 32.9 Å². The highest BCUT2D eigenvalue weighted by Gasteiger charge is 2.30. The number of rotatable bonds is 1. The van der Waals surface area contributed by atoms with E-state index in [1.807, 2.05) is 33.8 Å². The average molecular weight is 324 g/mol. The molecule has 1 aromatic carbocycles. The second-order valence-corrected chi connectivity index (χ2v) is 4.49. The van der Waals surface area contributed by atoms with Crippen molar-refractivity contribution in [2.24, 2.45) is 0 Å². The Hall–Kier alpha value is -2.68. The summed E-state index contributed by atoms with van der Waals surface area (Å²) in [7, 11) is 0. The summed E-state index contributed by atoms with van der Waals surface area (Å²) in [5.74, 6) is 0.260. The summed E-state index contributed by atoms with van der Waals surface area (Å²) in [5.41, 5.74) is 1.25. The average Bonchev–Trinajstić information content (AvgIpc) is 2.92. The summed E-state index contributed by atoms with van der Waals surface area (Å²) in [4.78, 5) is 24.6. The van der Waals surface area contributed by atoms with Gasteiger partial charge in [-0.05, 0) is 18.2 Å². The predicted molar refractivity (Wildman–Crippen MR) is 101 cm³/mol. The number of fused-ring (bicyclic) bond motifs is 3. The summed E-state index contributed by atoms with van der Waals surface area (Å²) < 4.78 is 5.37. The van der Waals surface area contributed by atoms with Crippen molar-refractivity contribution >= 4 is 17.9 Å². The standard InChI is InChI=1S/C17H12O3.2C2H6/c1-3-7-13-10(4-2)14-15(18)11-8-5-6-9-12(11)16(14)20-17(13)19;2*1-2/h3-9H,1H2,2H3;2*1-2H3/b10-4+,13-7+;;. The Balaban J connectivity index is 0.000000671. The highest BCUT2D eigenvalue weighted by Crippen LogP contribution is 2.33. The highest BCUT2D eigenvalue weighted by molar-refractivity contribution is 6.20. The Kier molecular flexibility index (Phi) is 7.12. The van der Waals surface area contributed by atoms with E-state index in [0.717, 1.165) is 0 Å². The molecule has 126 valence electrons. The second kappa shape index (κ2) is 8.82. The number of hydrogen-bond donors (Lipinski definition) is 0. The van der Waals surface area contributed by atoms with Crippen LogP contribution in [0.2, 0.25) is 0 Å². The van der Waals surface area contributed by atoms with Crippen molar-refractivity contribution in [1.82, 2.24) is 0 Å². The molecule has 0 radical (unpaired) electrons. The minimum Gasteiger partial charge on any atom is -0.421 e. The Morgan fingerprint density at radius 1 is 0.958 bits per heavy atom. The number of allylic oxidation sites excluding steroid dienone is 1. The highest BCUT2D eigenvalue weighted by atomic mass is 16.4. The molecule has 0 saturated carbocycles. The smallest absolute Gasteiger partial charge is 0.344 e. The van der Waals surface area contributed by atoms with Crippen molar-refractivity contribution in [2.75, 3.05) is 0 Å². The normalized spacial score (nSPS) is 12.5. The first-order chi connectivity index (χ1) is 11.7. The summed E-state index contributed by atoms with van der Waals surface area (Å²) in [6.07, 6.45) is 4.84. The monoisotopic (exact) mass is 324 g/mol.